The van der Waals surface area contributed by atoms with Crippen molar-refractivity contribution in [1.29, 1.82) is 0 Å². The number of nitrogens with one attached hydrogen (secondary N) is 1. The zero-order chi connectivity index (χ0) is 14.4. The monoisotopic (exact) mass is 275 g/mol. The van der Waals surface area contributed by atoms with Gasteiger partial charge >= 0.3 is 0 Å². The van der Waals surface area contributed by atoms with Crippen LogP contribution < -0.4 is 5.32 Å². The van der Waals surface area contributed by atoms with Crippen LogP contribution in [0.15, 0.2) is 24.3 Å². The quantitative estimate of drug-likeness (QED) is 0.758. The molecule has 112 valence electrons. The van der Waals surface area contributed by atoms with Crippen molar-refractivity contribution in [3.8, 4) is 0 Å². The van der Waals surface area contributed by atoms with E-state index >= 15 is 0 Å². The highest BCUT2D eigenvalue weighted by molar-refractivity contribution is 5.29. The number of hydrogen-bond donors (Lipinski definition) is 1. The van der Waals surface area contributed by atoms with Crippen LogP contribution in [0, 0.1) is 0 Å². The van der Waals surface area contributed by atoms with Crippen LogP contribution in [0.4, 0.5) is 0 Å². The molecular formula is C18H29NO. The number of methoxy groups -OCH3 is 1. The highest BCUT2D eigenvalue weighted by atomic mass is 16.5. The Bertz CT molecular complexity index is 400. The van der Waals surface area contributed by atoms with Gasteiger partial charge in [-0.1, -0.05) is 37.6 Å². The van der Waals surface area contributed by atoms with Crippen molar-refractivity contribution in [2.75, 3.05) is 13.7 Å². The topological polar surface area (TPSA) is 21.3 Å². The Morgan fingerprint density at radius 2 is 2.10 bits per heavy atom. The average Bonchev–Trinajstić information content (AvgIpc) is 2.41. The molecule has 0 aliphatic heterocycles. The van der Waals surface area contributed by atoms with E-state index in [0.29, 0.717) is 12.1 Å². The molecule has 1 saturated carbocycles. The maximum Gasteiger partial charge on any atom is 0.0543 e. The lowest BCUT2D eigenvalue weighted by Crippen LogP contribution is -2.22. The first kappa shape index (κ1) is 15.5. The molecule has 2 rings (SSSR count). The van der Waals surface area contributed by atoms with Crippen LogP contribution in [-0.2, 0) is 4.74 Å². The molecule has 0 aromatic heterocycles. The fourth-order valence-corrected chi connectivity index (χ4v) is 2.92. The van der Waals surface area contributed by atoms with Gasteiger partial charge in [0.2, 0.25) is 0 Å². The van der Waals surface area contributed by atoms with E-state index < -0.39 is 0 Å². The van der Waals surface area contributed by atoms with Gasteiger partial charge in [-0.2, -0.15) is 0 Å². The van der Waals surface area contributed by atoms with E-state index in [0.717, 1.165) is 25.3 Å². The van der Waals surface area contributed by atoms with E-state index in [-0.39, 0.29) is 0 Å². The second-order valence-corrected chi connectivity index (χ2v) is 6.03. The molecule has 0 spiro atoms. The number of ether oxygens (including phenoxy) is 1. The molecule has 2 atom stereocenters. The molecule has 1 aromatic rings. The minimum absolute atomic E-state index is 0.339. The second kappa shape index (κ2) is 7.80. The fraction of sp³-hybridized carbons (Fsp3) is 0.667. The molecule has 20 heavy (non-hydrogen) atoms. The molecule has 1 N–H and O–H groups in total. The molecule has 1 aliphatic rings. The van der Waals surface area contributed by atoms with Crippen molar-refractivity contribution >= 4 is 0 Å². The number of benzene rings is 1. The van der Waals surface area contributed by atoms with E-state index in [4.69, 9.17) is 4.74 Å². The van der Waals surface area contributed by atoms with Crippen molar-refractivity contribution in [3.05, 3.63) is 35.4 Å². The van der Waals surface area contributed by atoms with Gasteiger partial charge in [0.25, 0.3) is 0 Å². The van der Waals surface area contributed by atoms with Crippen LogP contribution in [0.3, 0.4) is 0 Å². The van der Waals surface area contributed by atoms with Crippen LogP contribution in [0.1, 0.15) is 69.0 Å². The van der Waals surface area contributed by atoms with E-state index in [1.165, 1.54) is 30.4 Å². The Labute approximate surface area is 123 Å². The minimum atomic E-state index is 0.339. The summed E-state index contributed by atoms with van der Waals surface area (Å²) in [6.45, 7) is 5.34. The highest BCUT2D eigenvalue weighted by Gasteiger charge is 2.20. The normalized spacial score (nSPS) is 18.6. The highest BCUT2D eigenvalue weighted by Crippen LogP contribution is 2.37. The summed E-state index contributed by atoms with van der Waals surface area (Å²) in [4.78, 5) is 0. The molecule has 1 aromatic carbocycles. The molecule has 2 heteroatoms. The van der Waals surface area contributed by atoms with Gasteiger partial charge in [0.15, 0.2) is 0 Å². The van der Waals surface area contributed by atoms with Crippen molar-refractivity contribution in [3.63, 3.8) is 0 Å². The zero-order valence-electron chi connectivity index (χ0n) is 13.2. The van der Waals surface area contributed by atoms with Crippen molar-refractivity contribution < 1.29 is 4.74 Å². The first-order chi connectivity index (χ1) is 9.74. The largest absolute Gasteiger partial charge is 0.382 e. The summed E-state index contributed by atoms with van der Waals surface area (Å²) >= 11 is 0. The maximum absolute atomic E-state index is 5.38. The summed E-state index contributed by atoms with van der Waals surface area (Å²) in [6.07, 6.45) is 6.72. The summed E-state index contributed by atoms with van der Waals surface area (Å²) in [6, 6.07) is 9.68. The molecule has 0 saturated heterocycles. The van der Waals surface area contributed by atoms with Gasteiger partial charge < -0.3 is 10.1 Å². The maximum atomic E-state index is 5.38. The van der Waals surface area contributed by atoms with Gasteiger partial charge in [-0.15, -0.1) is 0 Å². The van der Waals surface area contributed by atoms with E-state index in [1.807, 2.05) is 0 Å². The van der Waals surface area contributed by atoms with Crippen LogP contribution in [0.5, 0.6) is 0 Å². The molecule has 2 unspecified atom stereocenters. The van der Waals surface area contributed by atoms with Crippen molar-refractivity contribution in [1.82, 2.24) is 5.32 Å². The molecule has 0 radical (unpaired) electrons. The fourth-order valence-electron chi connectivity index (χ4n) is 2.92. The Balaban J connectivity index is 2.03. The van der Waals surface area contributed by atoms with Gasteiger partial charge in [-0.05, 0) is 56.2 Å². The van der Waals surface area contributed by atoms with Gasteiger partial charge in [0.05, 0.1) is 6.10 Å². The predicted molar refractivity (Wildman–Crippen MR) is 85.2 cm³/mol. The smallest absolute Gasteiger partial charge is 0.0543 e. The van der Waals surface area contributed by atoms with Gasteiger partial charge in [0, 0.05) is 13.2 Å². The molecule has 1 fully saturated rings. The van der Waals surface area contributed by atoms with Crippen LogP contribution >= 0.6 is 0 Å². The van der Waals surface area contributed by atoms with E-state index in [9.17, 15) is 0 Å². The Morgan fingerprint density at radius 1 is 1.30 bits per heavy atom. The van der Waals surface area contributed by atoms with Gasteiger partial charge in [-0.25, -0.2) is 0 Å². The minimum Gasteiger partial charge on any atom is -0.382 e. The summed E-state index contributed by atoms with van der Waals surface area (Å²) < 4.78 is 5.38. The van der Waals surface area contributed by atoms with Gasteiger partial charge in [-0.3, -0.25) is 0 Å². The molecule has 0 bridgehead atoms. The van der Waals surface area contributed by atoms with Gasteiger partial charge in [0.1, 0.15) is 0 Å². The van der Waals surface area contributed by atoms with Crippen molar-refractivity contribution in [2.24, 2.45) is 0 Å². The Morgan fingerprint density at radius 3 is 2.70 bits per heavy atom. The van der Waals surface area contributed by atoms with Crippen LogP contribution in [-0.4, -0.2) is 19.8 Å². The SMILES string of the molecule is CCNC(CCC(C)OC)c1cccc(C2CCC2)c1. The Hall–Kier alpha value is -0.860. The molecule has 1 aliphatic carbocycles. The lowest BCUT2D eigenvalue weighted by molar-refractivity contribution is 0.106. The molecule has 0 amide bonds. The molecular weight excluding hydrogens is 246 g/mol. The summed E-state index contributed by atoms with van der Waals surface area (Å²) in [5, 5.41) is 3.62. The summed E-state index contributed by atoms with van der Waals surface area (Å²) in [7, 11) is 1.80. The zero-order valence-corrected chi connectivity index (χ0v) is 13.2. The van der Waals surface area contributed by atoms with Crippen LogP contribution in [0.25, 0.3) is 0 Å². The van der Waals surface area contributed by atoms with E-state index in [2.05, 4.69) is 43.4 Å². The lowest BCUT2D eigenvalue weighted by atomic mass is 9.79. The third-order valence-electron chi connectivity index (χ3n) is 4.60. The molecule has 2 nitrogen and oxygen atoms in total. The standard InChI is InChI=1S/C18H29NO/c1-4-19-18(12-11-14(2)20-3)17-10-6-9-16(13-17)15-7-5-8-15/h6,9-10,13-15,18-19H,4-5,7-8,11-12H2,1-3H3. The van der Waals surface area contributed by atoms with Crippen LogP contribution in [0.2, 0.25) is 0 Å². The second-order valence-electron chi connectivity index (χ2n) is 6.03. The predicted octanol–water partition coefficient (Wildman–Crippen LogP) is 4.42. The summed E-state index contributed by atoms with van der Waals surface area (Å²) in [5.41, 5.74) is 2.98. The first-order valence-electron chi connectivity index (χ1n) is 8.10. The Kier molecular flexibility index (Phi) is 6.06. The lowest BCUT2D eigenvalue weighted by Gasteiger charge is -2.27. The summed E-state index contributed by atoms with van der Waals surface area (Å²) in [5.74, 6) is 0.815. The third-order valence-corrected chi connectivity index (χ3v) is 4.60. The third kappa shape index (κ3) is 4.07. The molecule has 0 heterocycles. The first-order valence-corrected chi connectivity index (χ1v) is 8.10. The number of rotatable bonds is 8. The van der Waals surface area contributed by atoms with E-state index in [1.54, 1.807) is 7.11 Å². The average molecular weight is 275 g/mol. The number of hydrogen-bond acceptors (Lipinski definition) is 2. The van der Waals surface area contributed by atoms with Crippen molar-refractivity contribution in [2.45, 2.75) is 64.0 Å².